The van der Waals surface area contributed by atoms with Gasteiger partial charge in [0.05, 0.1) is 7.11 Å². The molecule has 0 radical (unpaired) electrons. The molecule has 0 fully saturated rings. The summed E-state index contributed by atoms with van der Waals surface area (Å²) in [5, 5.41) is 3.61. The largest absolute Gasteiger partial charge is 0.496 e. The van der Waals surface area contributed by atoms with Crippen molar-refractivity contribution in [3.8, 4) is 5.75 Å². The molecule has 1 N–H and O–H groups in total. The van der Waals surface area contributed by atoms with E-state index in [1.165, 1.54) is 49.7 Å². The predicted octanol–water partition coefficient (Wildman–Crippen LogP) is 5.78. The predicted molar refractivity (Wildman–Crippen MR) is 95.2 cm³/mol. The molecule has 2 nitrogen and oxygen atoms in total. The van der Waals surface area contributed by atoms with Gasteiger partial charge in [0.15, 0.2) is 0 Å². The van der Waals surface area contributed by atoms with Gasteiger partial charge < -0.3 is 10.1 Å². The van der Waals surface area contributed by atoms with E-state index in [0.717, 1.165) is 16.8 Å². The fourth-order valence-electron chi connectivity index (χ4n) is 2.69. The van der Waals surface area contributed by atoms with E-state index in [1.54, 1.807) is 7.11 Å². The lowest BCUT2D eigenvalue weighted by Gasteiger charge is -2.22. The summed E-state index contributed by atoms with van der Waals surface area (Å²) >= 11 is 3.65. The van der Waals surface area contributed by atoms with Gasteiger partial charge in [-0.3, -0.25) is 0 Å². The fraction of sp³-hybridized carbons (Fsp3) is 0.667. The highest BCUT2D eigenvalue weighted by atomic mass is 79.9. The van der Waals surface area contributed by atoms with Gasteiger partial charge in [-0.15, -0.1) is 0 Å². The lowest BCUT2D eigenvalue weighted by molar-refractivity contribution is 0.392. The first-order chi connectivity index (χ1) is 10.1. The number of benzene rings is 1. The molecule has 0 saturated heterocycles. The fourth-order valence-corrected chi connectivity index (χ4v) is 3.05. The van der Waals surface area contributed by atoms with Gasteiger partial charge >= 0.3 is 0 Å². The first-order valence-corrected chi connectivity index (χ1v) is 9.00. The van der Waals surface area contributed by atoms with E-state index in [2.05, 4.69) is 54.2 Å². The standard InChI is InChI=1S/C18H30BrNO/c1-5-7-8-9-10-11-17(20-6-2)15-13-16(19)14(3)12-18(15)21-4/h12-13,17,20H,5-11H2,1-4H3. The number of methoxy groups -OCH3 is 1. The molecule has 1 unspecified atom stereocenters. The van der Waals surface area contributed by atoms with Crippen molar-refractivity contribution in [1.82, 2.24) is 5.32 Å². The summed E-state index contributed by atoms with van der Waals surface area (Å²) in [4.78, 5) is 0. The molecule has 0 saturated carbocycles. The Labute approximate surface area is 138 Å². The van der Waals surface area contributed by atoms with Gasteiger partial charge in [0.1, 0.15) is 5.75 Å². The SMILES string of the molecule is CCCCCCCC(NCC)c1cc(Br)c(C)cc1OC. The van der Waals surface area contributed by atoms with E-state index in [-0.39, 0.29) is 0 Å². The minimum atomic E-state index is 0.378. The van der Waals surface area contributed by atoms with E-state index < -0.39 is 0 Å². The van der Waals surface area contributed by atoms with E-state index in [1.807, 2.05) is 0 Å². The molecule has 1 aromatic carbocycles. The highest BCUT2D eigenvalue weighted by molar-refractivity contribution is 9.10. The summed E-state index contributed by atoms with van der Waals surface area (Å²) in [7, 11) is 1.76. The summed E-state index contributed by atoms with van der Waals surface area (Å²) in [5.74, 6) is 0.996. The minimum Gasteiger partial charge on any atom is -0.496 e. The first kappa shape index (κ1) is 18.5. The number of aryl methyl sites for hydroxylation is 1. The van der Waals surface area contributed by atoms with E-state index in [4.69, 9.17) is 4.74 Å². The maximum absolute atomic E-state index is 5.59. The maximum atomic E-state index is 5.59. The van der Waals surface area contributed by atoms with Crippen molar-refractivity contribution in [2.75, 3.05) is 13.7 Å². The number of hydrogen-bond donors (Lipinski definition) is 1. The molecule has 1 rings (SSSR count). The Morgan fingerprint density at radius 3 is 2.48 bits per heavy atom. The summed E-state index contributed by atoms with van der Waals surface area (Å²) in [5.41, 5.74) is 2.49. The van der Waals surface area contributed by atoms with Gasteiger partial charge in [0.25, 0.3) is 0 Å². The zero-order valence-electron chi connectivity index (χ0n) is 14.0. The Balaban J connectivity index is 2.77. The molecular formula is C18H30BrNO. The number of ether oxygens (including phenoxy) is 1. The molecular weight excluding hydrogens is 326 g/mol. The molecule has 0 heterocycles. The smallest absolute Gasteiger partial charge is 0.123 e. The quantitative estimate of drug-likeness (QED) is 0.537. The second-order valence-electron chi connectivity index (χ2n) is 5.66. The van der Waals surface area contributed by atoms with Crippen LogP contribution in [0.5, 0.6) is 5.75 Å². The molecule has 0 aliphatic heterocycles. The van der Waals surface area contributed by atoms with E-state index in [9.17, 15) is 0 Å². The van der Waals surface area contributed by atoms with Gasteiger partial charge in [-0.25, -0.2) is 0 Å². The summed E-state index contributed by atoms with van der Waals surface area (Å²) in [6, 6.07) is 4.72. The van der Waals surface area contributed by atoms with E-state index >= 15 is 0 Å². The third-order valence-electron chi connectivity index (χ3n) is 3.93. The monoisotopic (exact) mass is 355 g/mol. The van der Waals surface area contributed by atoms with Crippen LogP contribution in [0.25, 0.3) is 0 Å². The van der Waals surface area contributed by atoms with Crippen molar-refractivity contribution >= 4 is 15.9 Å². The number of unbranched alkanes of at least 4 members (excludes halogenated alkanes) is 4. The van der Waals surface area contributed by atoms with Crippen LogP contribution in [-0.4, -0.2) is 13.7 Å². The summed E-state index contributed by atoms with van der Waals surface area (Å²) in [6.45, 7) is 7.51. The van der Waals surface area contributed by atoms with Gasteiger partial charge in [0.2, 0.25) is 0 Å². The van der Waals surface area contributed by atoms with Gasteiger partial charge in [0, 0.05) is 16.1 Å². The van der Waals surface area contributed by atoms with Crippen LogP contribution >= 0.6 is 15.9 Å². The van der Waals surface area contributed by atoms with Crippen LogP contribution in [0.15, 0.2) is 16.6 Å². The van der Waals surface area contributed by atoms with Crippen molar-refractivity contribution in [3.63, 3.8) is 0 Å². The molecule has 0 spiro atoms. The van der Waals surface area contributed by atoms with Crippen LogP contribution < -0.4 is 10.1 Å². The zero-order chi connectivity index (χ0) is 15.7. The topological polar surface area (TPSA) is 21.3 Å². The maximum Gasteiger partial charge on any atom is 0.123 e. The van der Waals surface area contributed by atoms with Crippen LogP contribution in [-0.2, 0) is 0 Å². The molecule has 0 aliphatic carbocycles. The normalized spacial score (nSPS) is 12.4. The molecule has 1 aromatic rings. The molecule has 0 aromatic heterocycles. The second-order valence-corrected chi connectivity index (χ2v) is 6.51. The Bertz CT molecular complexity index is 420. The Morgan fingerprint density at radius 2 is 1.86 bits per heavy atom. The third kappa shape index (κ3) is 5.99. The number of nitrogens with one attached hydrogen (secondary N) is 1. The highest BCUT2D eigenvalue weighted by Gasteiger charge is 2.16. The van der Waals surface area contributed by atoms with Crippen molar-refractivity contribution in [1.29, 1.82) is 0 Å². The number of rotatable bonds is 10. The average molecular weight is 356 g/mol. The van der Waals surface area contributed by atoms with Crippen LogP contribution in [0.1, 0.15) is 69.5 Å². The minimum absolute atomic E-state index is 0.378. The van der Waals surface area contributed by atoms with Crippen molar-refractivity contribution in [3.05, 3.63) is 27.7 Å². The number of halogens is 1. The number of hydrogen-bond acceptors (Lipinski definition) is 2. The van der Waals surface area contributed by atoms with Gasteiger partial charge in [-0.2, -0.15) is 0 Å². The van der Waals surface area contributed by atoms with Crippen LogP contribution in [0.3, 0.4) is 0 Å². The summed E-state index contributed by atoms with van der Waals surface area (Å²) < 4.78 is 6.75. The molecule has 0 aliphatic rings. The lowest BCUT2D eigenvalue weighted by Crippen LogP contribution is -2.21. The van der Waals surface area contributed by atoms with E-state index in [0.29, 0.717) is 6.04 Å². The second kappa shape index (κ2) is 10.2. The first-order valence-electron chi connectivity index (χ1n) is 8.21. The van der Waals surface area contributed by atoms with Crippen molar-refractivity contribution in [2.24, 2.45) is 0 Å². The van der Waals surface area contributed by atoms with Crippen LogP contribution in [0.2, 0.25) is 0 Å². The van der Waals surface area contributed by atoms with Crippen molar-refractivity contribution < 1.29 is 4.74 Å². The third-order valence-corrected chi connectivity index (χ3v) is 4.79. The molecule has 120 valence electrons. The average Bonchev–Trinajstić information content (AvgIpc) is 2.48. The molecule has 21 heavy (non-hydrogen) atoms. The molecule has 0 bridgehead atoms. The van der Waals surface area contributed by atoms with Crippen LogP contribution in [0, 0.1) is 6.92 Å². The lowest BCUT2D eigenvalue weighted by atomic mass is 9.97. The van der Waals surface area contributed by atoms with Gasteiger partial charge in [-0.05, 0) is 37.6 Å². The highest BCUT2D eigenvalue weighted by Crippen LogP contribution is 2.33. The Hall–Kier alpha value is -0.540. The van der Waals surface area contributed by atoms with Crippen LogP contribution in [0.4, 0.5) is 0 Å². The Morgan fingerprint density at radius 1 is 1.14 bits per heavy atom. The summed E-state index contributed by atoms with van der Waals surface area (Å²) in [6.07, 6.45) is 7.77. The van der Waals surface area contributed by atoms with Crippen molar-refractivity contribution in [2.45, 2.75) is 65.3 Å². The molecule has 3 heteroatoms. The Kier molecular flexibility index (Phi) is 9.02. The molecule has 0 amide bonds. The zero-order valence-corrected chi connectivity index (χ0v) is 15.6. The molecule has 1 atom stereocenters. The van der Waals surface area contributed by atoms with Gasteiger partial charge in [-0.1, -0.05) is 61.9 Å².